The van der Waals surface area contributed by atoms with Crippen molar-refractivity contribution in [2.45, 2.75) is 31.9 Å². The van der Waals surface area contributed by atoms with Gasteiger partial charge in [-0.3, -0.25) is 14.5 Å². The second-order valence-corrected chi connectivity index (χ2v) is 6.75. The van der Waals surface area contributed by atoms with E-state index in [4.69, 9.17) is 4.74 Å². The Morgan fingerprint density at radius 3 is 2.36 bits per heavy atom. The number of ether oxygens (including phenoxy) is 1. The van der Waals surface area contributed by atoms with E-state index in [1.54, 1.807) is 24.3 Å². The number of amides is 2. The summed E-state index contributed by atoms with van der Waals surface area (Å²) in [5.41, 5.74) is 1.44. The van der Waals surface area contributed by atoms with E-state index in [9.17, 15) is 14.4 Å². The van der Waals surface area contributed by atoms with Gasteiger partial charge >= 0.3 is 6.09 Å². The van der Waals surface area contributed by atoms with E-state index in [0.717, 1.165) is 18.4 Å². The molecule has 28 heavy (non-hydrogen) atoms. The molecule has 3 rings (SSSR count). The number of nitrogens with zero attached hydrogens (tertiary/aromatic N) is 1. The number of ketones is 1. The van der Waals surface area contributed by atoms with Crippen molar-refractivity contribution in [3.8, 4) is 0 Å². The Hall–Kier alpha value is -3.15. The predicted molar refractivity (Wildman–Crippen MR) is 105 cm³/mol. The third-order valence-corrected chi connectivity index (χ3v) is 4.76. The van der Waals surface area contributed by atoms with Crippen LogP contribution >= 0.6 is 0 Å². The van der Waals surface area contributed by atoms with Gasteiger partial charge in [0.15, 0.2) is 5.78 Å². The Balaban J connectivity index is 1.55. The molecule has 1 fully saturated rings. The van der Waals surface area contributed by atoms with Gasteiger partial charge in [-0.15, -0.1) is 0 Å². The smallest absolute Gasteiger partial charge is 0.410 e. The highest BCUT2D eigenvalue weighted by atomic mass is 16.6. The molecule has 6 nitrogen and oxygen atoms in total. The second-order valence-electron chi connectivity index (χ2n) is 6.75. The van der Waals surface area contributed by atoms with Gasteiger partial charge in [-0.25, -0.2) is 4.79 Å². The Morgan fingerprint density at radius 2 is 1.64 bits per heavy atom. The lowest BCUT2D eigenvalue weighted by molar-refractivity contribution is -0.126. The fraction of sp³-hybridized carbons (Fsp3) is 0.318. The maximum atomic E-state index is 12.6. The fourth-order valence-corrected chi connectivity index (χ4v) is 3.24. The first-order valence-corrected chi connectivity index (χ1v) is 9.48. The molecule has 146 valence electrons. The first-order chi connectivity index (χ1) is 13.6. The molecule has 1 saturated heterocycles. The Bertz CT molecular complexity index is 808. The van der Waals surface area contributed by atoms with Crippen LogP contribution in [0.15, 0.2) is 60.7 Å². The minimum absolute atomic E-state index is 0.0910. The largest absolute Gasteiger partial charge is 0.445 e. The summed E-state index contributed by atoms with van der Waals surface area (Å²) in [6.45, 7) is 0.543. The van der Waals surface area contributed by atoms with Crippen molar-refractivity contribution in [3.63, 3.8) is 0 Å². The van der Waals surface area contributed by atoms with Gasteiger partial charge in [-0.1, -0.05) is 60.7 Å². The minimum atomic E-state index is -0.611. The molecular formula is C22H24N2O4. The average molecular weight is 380 g/mol. The highest BCUT2D eigenvalue weighted by Crippen LogP contribution is 2.19. The van der Waals surface area contributed by atoms with Crippen LogP contribution in [-0.4, -0.2) is 41.8 Å². The summed E-state index contributed by atoms with van der Waals surface area (Å²) >= 11 is 0. The van der Waals surface area contributed by atoms with Crippen molar-refractivity contribution in [3.05, 3.63) is 71.8 Å². The number of Topliss-reactive ketones (excluding diaryl/α,β-unsaturated/α-hetero) is 1. The molecule has 1 N–H and O–H groups in total. The van der Waals surface area contributed by atoms with Crippen LogP contribution in [0.25, 0.3) is 0 Å². The molecular weight excluding hydrogens is 356 g/mol. The van der Waals surface area contributed by atoms with E-state index >= 15 is 0 Å². The minimum Gasteiger partial charge on any atom is -0.445 e. The van der Waals surface area contributed by atoms with Gasteiger partial charge in [0.05, 0.1) is 6.54 Å². The Kier molecular flexibility index (Phi) is 6.78. The van der Waals surface area contributed by atoms with E-state index in [-0.39, 0.29) is 24.8 Å². The van der Waals surface area contributed by atoms with E-state index in [2.05, 4.69) is 5.32 Å². The molecule has 1 unspecified atom stereocenters. The standard InChI is InChI=1S/C22H24N2O4/c25-20(18-11-5-2-6-12-18)15-23-21(26)19-13-7-8-14-24(19)22(27)28-16-17-9-3-1-4-10-17/h1-6,9-12,19H,7-8,13-16H2,(H,23,26). The first kappa shape index (κ1) is 19.6. The summed E-state index contributed by atoms with van der Waals surface area (Å²) in [6.07, 6.45) is 1.74. The number of benzene rings is 2. The number of nitrogens with one attached hydrogen (secondary N) is 1. The molecule has 1 aliphatic rings. The predicted octanol–water partition coefficient (Wildman–Crippen LogP) is 3.18. The molecule has 2 amide bonds. The lowest BCUT2D eigenvalue weighted by atomic mass is 10.0. The maximum absolute atomic E-state index is 12.6. The highest BCUT2D eigenvalue weighted by Gasteiger charge is 2.33. The third-order valence-electron chi connectivity index (χ3n) is 4.76. The monoisotopic (exact) mass is 380 g/mol. The molecule has 2 aromatic rings. The molecule has 1 heterocycles. The normalized spacial score (nSPS) is 16.3. The van der Waals surface area contributed by atoms with Gasteiger partial charge in [0.25, 0.3) is 0 Å². The van der Waals surface area contributed by atoms with Gasteiger partial charge in [0.2, 0.25) is 5.91 Å². The summed E-state index contributed by atoms with van der Waals surface area (Å²) in [7, 11) is 0. The lowest BCUT2D eigenvalue weighted by Crippen LogP contribution is -2.52. The number of piperidine rings is 1. The number of hydrogen-bond acceptors (Lipinski definition) is 4. The van der Waals surface area contributed by atoms with Crippen LogP contribution in [0.5, 0.6) is 0 Å². The second kappa shape index (κ2) is 9.69. The summed E-state index contributed by atoms with van der Waals surface area (Å²) < 4.78 is 5.38. The molecule has 2 aromatic carbocycles. The van der Waals surface area contributed by atoms with Crippen molar-refractivity contribution < 1.29 is 19.1 Å². The molecule has 1 atom stereocenters. The van der Waals surface area contributed by atoms with Gasteiger partial charge in [-0.05, 0) is 24.8 Å². The summed E-state index contributed by atoms with van der Waals surface area (Å²) in [4.78, 5) is 38.8. The lowest BCUT2D eigenvalue weighted by Gasteiger charge is -2.33. The molecule has 1 aliphatic heterocycles. The zero-order valence-electron chi connectivity index (χ0n) is 15.7. The van der Waals surface area contributed by atoms with E-state index in [1.807, 2.05) is 36.4 Å². The van der Waals surface area contributed by atoms with Crippen LogP contribution in [0, 0.1) is 0 Å². The summed E-state index contributed by atoms with van der Waals surface area (Å²) in [6, 6.07) is 17.6. The van der Waals surface area contributed by atoms with Crippen molar-refractivity contribution in [1.29, 1.82) is 0 Å². The van der Waals surface area contributed by atoms with Crippen molar-refractivity contribution >= 4 is 17.8 Å². The van der Waals surface area contributed by atoms with Crippen LogP contribution in [-0.2, 0) is 16.1 Å². The van der Waals surface area contributed by atoms with Crippen LogP contribution in [0.4, 0.5) is 4.79 Å². The number of rotatable bonds is 6. The van der Waals surface area contributed by atoms with E-state index < -0.39 is 12.1 Å². The third kappa shape index (κ3) is 5.19. The van der Waals surface area contributed by atoms with Crippen LogP contribution in [0.3, 0.4) is 0 Å². The Morgan fingerprint density at radius 1 is 0.964 bits per heavy atom. The number of likely N-dealkylation sites (tertiary alicyclic amines) is 1. The molecule has 0 aliphatic carbocycles. The van der Waals surface area contributed by atoms with E-state index in [1.165, 1.54) is 4.90 Å². The van der Waals surface area contributed by atoms with E-state index in [0.29, 0.717) is 18.5 Å². The van der Waals surface area contributed by atoms with Crippen molar-refractivity contribution in [2.24, 2.45) is 0 Å². The van der Waals surface area contributed by atoms with Crippen LogP contribution in [0.2, 0.25) is 0 Å². The van der Waals surface area contributed by atoms with Crippen molar-refractivity contribution in [1.82, 2.24) is 10.2 Å². The molecule has 0 radical (unpaired) electrons. The number of carbonyl (C=O) groups excluding carboxylic acids is 3. The molecule has 0 aromatic heterocycles. The summed E-state index contributed by atoms with van der Waals surface area (Å²) in [5, 5.41) is 2.67. The van der Waals surface area contributed by atoms with Crippen molar-refractivity contribution in [2.75, 3.05) is 13.1 Å². The van der Waals surface area contributed by atoms with Crippen LogP contribution < -0.4 is 5.32 Å². The molecule has 0 bridgehead atoms. The number of carbonyl (C=O) groups is 3. The quantitative estimate of drug-likeness (QED) is 0.781. The molecule has 0 saturated carbocycles. The first-order valence-electron chi connectivity index (χ1n) is 9.48. The van der Waals surface area contributed by atoms with Gasteiger partial charge in [0.1, 0.15) is 12.6 Å². The molecule has 6 heteroatoms. The SMILES string of the molecule is O=C(CNC(=O)C1CCCCN1C(=O)OCc1ccccc1)c1ccccc1. The molecule has 0 spiro atoms. The average Bonchev–Trinajstić information content (AvgIpc) is 2.77. The number of hydrogen-bond donors (Lipinski definition) is 1. The Labute approximate surface area is 164 Å². The summed E-state index contributed by atoms with van der Waals surface area (Å²) in [5.74, 6) is -0.483. The van der Waals surface area contributed by atoms with Gasteiger partial charge < -0.3 is 10.1 Å². The topological polar surface area (TPSA) is 75.7 Å². The zero-order valence-corrected chi connectivity index (χ0v) is 15.7. The zero-order chi connectivity index (χ0) is 19.8. The highest BCUT2D eigenvalue weighted by molar-refractivity contribution is 6.00. The van der Waals surface area contributed by atoms with Gasteiger partial charge in [0, 0.05) is 12.1 Å². The van der Waals surface area contributed by atoms with Gasteiger partial charge in [-0.2, -0.15) is 0 Å². The fourth-order valence-electron chi connectivity index (χ4n) is 3.24. The van der Waals surface area contributed by atoms with Crippen LogP contribution in [0.1, 0.15) is 35.2 Å². The maximum Gasteiger partial charge on any atom is 0.410 e.